The van der Waals surface area contributed by atoms with Crippen molar-refractivity contribution in [3.8, 4) is 0 Å². The van der Waals surface area contributed by atoms with Crippen molar-refractivity contribution in [1.82, 2.24) is 0 Å². The van der Waals surface area contributed by atoms with E-state index >= 15 is 0 Å². The van der Waals surface area contributed by atoms with Crippen LogP contribution < -0.4 is 0 Å². The van der Waals surface area contributed by atoms with Crippen LogP contribution in [0, 0.1) is 46.3 Å². The summed E-state index contributed by atoms with van der Waals surface area (Å²) in [5.74, 6) is 4.35. The van der Waals surface area contributed by atoms with E-state index in [1.807, 2.05) is 13.8 Å². The van der Waals surface area contributed by atoms with Gasteiger partial charge in [0, 0.05) is 0 Å². The highest BCUT2D eigenvalue weighted by Crippen LogP contribution is 2.67. The molecule has 3 saturated carbocycles. The van der Waals surface area contributed by atoms with Gasteiger partial charge in [0.05, 0.1) is 11.2 Å². The number of hydrogen-bond donors (Lipinski definition) is 2. The van der Waals surface area contributed by atoms with Crippen molar-refractivity contribution in [1.29, 1.82) is 0 Å². The van der Waals surface area contributed by atoms with Crippen molar-refractivity contribution in [2.75, 3.05) is 0 Å². The van der Waals surface area contributed by atoms with Gasteiger partial charge in [-0.25, -0.2) is 0 Å². The fourth-order valence-electron chi connectivity index (χ4n) is 8.79. The van der Waals surface area contributed by atoms with Gasteiger partial charge in [-0.3, -0.25) is 0 Å². The van der Waals surface area contributed by atoms with Crippen LogP contribution in [0.25, 0.3) is 0 Å². The minimum atomic E-state index is -0.536. The van der Waals surface area contributed by atoms with Crippen LogP contribution in [0.3, 0.4) is 0 Å². The Labute approximate surface area is 192 Å². The van der Waals surface area contributed by atoms with Crippen LogP contribution in [0.2, 0.25) is 0 Å². The van der Waals surface area contributed by atoms with Crippen LogP contribution in [0.15, 0.2) is 11.6 Å². The summed E-state index contributed by atoms with van der Waals surface area (Å²) >= 11 is 0. The summed E-state index contributed by atoms with van der Waals surface area (Å²) in [4.78, 5) is 0. The molecule has 0 radical (unpaired) electrons. The van der Waals surface area contributed by atoms with E-state index in [-0.39, 0.29) is 0 Å². The quantitative estimate of drug-likeness (QED) is 0.455. The Balaban J connectivity index is 1.49. The van der Waals surface area contributed by atoms with E-state index in [2.05, 4.69) is 40.7 Å². The van der Waals surface area contributed by atoms with E-state index in [0.29, 0.717) is 22.7 Å². The zero-order valence-electron chi connectivity index (χ0n) is 21.5. The second kappa shape index (κ2) is 7.86. The lowest BCUT2D eigenvalue weighted by Crippen LogP contribution is -2.52. The summed E-state index contributed by atoms with van der Waals surface area (Å²) in [5.41, 5.74) is 1.35. The maximum Gasteiger partial charge on any atom is 0.0657 e. The normalized spacial score (nSPS) is 47.7. The number of rotatable bonds is 5. The maximum absolute atomic E-state index is 10.8. The van der Waals surface area contributed by atoms with Crippen LogP contribution in [0.4, 0.5) is 0 Å². The summed E-state index contributed by atoms with van der Waals surface area (Å²) in [7, 11) is 0. The summed E-state index contributed by atoms with van der Waals surface area (Å²) < 4.78 is 0. The first-order chi connectivity index (χ1) is 14.3. The molecule has 3 fully saturated rings. The van der Waals surface area contributed by atoms with Gasteiger partial charge < -0.3 is 10.2 Å². The lowest BCUT2D eigenvalue weighted by atomic mass is 9.46. The van der Waals surface area contributed by atoms with E-state index in [9.17, 15) is 10.2 Å². The largest absolute Gasteiger partial charge is 0.390 e. The molecule has 0 spiro atoms. The number of aliphatic hydroxyl groups is 2. The predicted molar refractivity (Wildman–Crippen MR) is 130 cm³/mol. The van der Waals surface area contributed by atoms with E-state index < -0.39 is 11.2 Å². The zero-order chi connectivity index (χ0) is 22.8. The fraction of sp³-hybridized carbons (Fsp3) is 0.931. The Morgan fingerprint density at radius 3 is 2.42 bits per heavy atom. The third-order valence-corrected chi connectivity index (χ3v) is 11.5. The van der Waals surface area contributed by atoms with Gasteiger partial charge in [0.1, 0.15) is 0 Å². The van der Waals surface area contributed by atoms with Gasteiger partial charge in [-0.15, -0.1) is 0 Å². The van der Waals surface area contributed by atoms with Crippen LogP contribution >= 0.6 is 0 Å². The molecular weight excluding hydrogens is 380 g/mol. The molecule has 2 heteroatoms. The Bertz CT molecular complexity index is 704. The van der Waals surface area contributed by atoms with E-state index in [4.69, 9.17) is 0 Å². The van der Waals surface area contributed by atoms with Crippen LogP contribution in [-0.4, -0.2) is 21.4 Å². The summed E-state index contributed by atoms with van der Waals surface area (Å²) in [6.07, 6.45) is 14.5. The van der Waals surface area contributed by atoms with Crippen molar-refractivity contribution in [3.63, 3.8) is 0 Å². The maximum atomic E-state index is 10.8. The predicted octanol–water partition coefficient (Wildman–Crippen LogP) is 7.14. The monoisotopic (exact) mass is 430 g/mol. The molecule has 0 amide bonds. The molecule has 4 rings (SSSR count). The van der Waals surface area contributed by atoms with E-state index in [1.165, 1.54) is 38.5 Å². The number of allylic oxidation sites excluding steroid dienone is 1. The van der Waals surface area contributed by atoms with Gasteiger partial charge in [0.2, 0.25) is 0 Å². The van der Waals surface area contributed by atoms with Crippen LogP contribution in [0.1, 0.15) is 113 Å². The molecule has 178 valence electrons. The molecule has 0 aliphatic heterocycles. The smallest absolute Gasteiger partial charge is 0.0657 e. The Hall–Kier alpha value is -0.340. The molecule has 0 saturated heterocycles. The SMILES string of the molecule is CC(C)C(C)(O)CC[C@@H](C)[C@H]1CCC2[C@@H]3CC=C4C[C@@](C)(O)CC[C@]4(C)C3CC[C@@]21C. The van der Waals surface area contributed by atoms with Crippen LogP contribution in [0.5, 0.6) is 0 Å². The highest BCUT2D eigenvalue weighted by atomic mass is 16.3. The Morgan fingerprint density at radius 1 is 1.03 bits per heavy atom. The van der Waals surface area contributed by atoms with Crippen molar-refractivity contribution >= 4 is 0 Å². The second-order valence-corrected chi connectivity index (χ2v) is 13.7. The Morgan fingerprint density at radius 2 is 1.74 bits per heavy atom. The molecule has 4 aliphatic rings. The average molecular weight is 431 g/mol. The molecule has 31 heavy (non-hydrogen) atoms. The van der Waals surface area contributed by atoms with Crippen molar-refractivity contribution in [2.24, 2.45) is 46.3 Å². The lowest BCUT2D eigenvalue weighted by molar-refractivity contribution is -0.0721. The molecule has 3 unspecified atom stereocenters. The molecule has 9 atom stereocenters. The average Bonchev–Trinajstić information content (AvgIpc) is 3.04. The highest BCUT2D eigenvalue weighted by Gasteiger charge is 2.59. The summed E-state index contributed by atoms with van der Waals surface area (Å²) in [6, 6.07) is 0. The standard InChI is InChI=1S/C29H50O2/c1-19(2)29(7,31)15-12-20(3)23-10-11-24-22-9-8-21-18-26(4,30)16-17-27(21,5)25(22)13-14-28(23,24)6/h8,19-20,22-25,30-31H,9-18H2,1-7H3/t20-,22+,23-,24?,25?,26+,27+,28-,29?/m1/s1. The van der Waals surface area contributed by atoms with Gasteiger partial charge in [0.15, 0.2) is 0 Å². The zero-order valence-corrected chi connectivity index (χ0v) is 21.5. The van der Waals surface area contributed by atoms with Crippen molar-refractivity contribution in [3.05, 3.63) is 11.6 Å². The minimum absolute atomic E-state index is 0.322. The number of fused-ring (bicyclic) bond motifs is 5. The number of hydrogen-bond acceptors (Lipinski definition) is 2. The molecule has 0 aromatic rings. The van der Waals surface area contributed by atoms with Gasteiger partial charge in [-0.05, 0) is 124 Å². The van der Waals surface area contributed by atoms with Gasteiger partial charge >= 0.3 is 0 Å². The second-order valence-electron chi connectivity index (χ2n) is 13.7. The summed E-state index contributed by atoms with van der Waals surface area (Å²) in [5, 5.41) is 21.5. The molecule has 2 N–H and O–H groups in total. The first-order valence-corrected chi connectivity index (χ1v) is 13.4. The van der Waals surface area contributed by atoms with E-state index in [1.54, 1.807) is 5.57 Å². The molecule has 4 aliphatic carbocycles. The fourth-order valence-corrected chi connectivity index (χ4v) is 8.79. The first kappa shape index (κ1) is 23.8. The topological polar surface area (TPSA) is 40.5 Å². The van der Waals surface area contributed by atoms with Gasteiger partial charge in [-0.1, -0.05) is 46.3 Å². The third-order valence-electron chi connectivity index (χ3n) is 11.5. The van der Waals surface area contributed by atoms with Gasteiger partial charge in [-0.2, -0.15) is 0 Å². The molecule has 2 nitrogen and oxygen atoms in total. The molecule has 0 aromatic heterocycles. The minimum Gasteiger partial charge on any atom is -0.390 e. The molecule has 0 heterocycles. The van der Waals surface area contributed by atoms with Crippen LogP contribution in [-0.2, 0) is 0 Å². The van der Waals surface area contributed by atoms with E-state index in [0.717, 1.165) is 49.4 Å². The summed E-state index contributed by atoms with van der Waals surface area (Å²) in [6.45, 7) is 16.0. The van der Waals surface area contributed by atoms with Crippen molar-refractivity contribution in [2.45, 2.75) is 124 Å². The molecule has 0 bridgehead atoms. The third kappa shape index (κ3) is 3.96. The first-order valence-electron chi connectivity index (χ1n) is 13.4. The molecule has 0 aromatic carbocycles. The highest BCUT2D eigenvalue weighted by molar-refractivity contribution is 5.26. The Kier molecular flexibility index (Phi) is 6.04. The molecular formula is C29H50O2. The van der Waals surface area contributed by atoms with Crippen molar-refractivity contribution < 1.29 is 10.2 Å². The van der Waals surface area contributed by atoms with Gasteiger partial charge in [0.25, 0.3) is 0 Å². The lowest BCUT2D eigenvalue weighted by Gasteiger charge is -2.59.